The molecule has 0 radical (unpaired) electrons. The van der Waals surface area contributed by atoms with Crippen LogP contribution in [0.3, 0.4) is 0 Å². The first-order valence-electron chi connectivity index (χ1n) is 6.74. The zero-order valence-corrected chi connectivity index (χ0v) is 11.1. The first-order valence-corrected chi connectivity index (χ1v) is 6.74. The summed E-state index contributed by atoms with van der Waals surface area (Å²) < 4.78 is 13.4. The van der Waals surface area contributed by atoms with Gasteiger partial charge in [0.05, 0.1) is 11.9 Å². The van der Waals surface area contributed by atoms with Crippen molar-refractivity contribution >= 4 is 11.6 Å². The second-order valence-corrected chi connectivity index (χ2v) is 5.32. The minimum Gasteiger partial charge on any atom is -0.328 e. The Kier molecular flexibility index (Phi) is 4.47. The lowest BCUT2D eigenvalue weighted by molar-refractivity contribution is -0.121. The number of nitrogens with zero attached hydrogens (tertiary/aromatic N) is 1. The molecule has 104 valence electrons. The number of amides is 1. The van der Waals surface area contributed by atoms with Crippen molar-refractivity contribution in [3.8, 4) is 0 Å². The van der Waals surface area contributed by atoms with Gasteiger partial charge in [-0.2, -0.15) is 0 Å². The number of anilines is 1. The zero-order chi connectivity index (χ0) is 13.8. The molecule has 1 aliphatic rings. The number of carbonyl (C=O) groups is 1. The quantitative estimate of drug-likeness (QED) is 0.881. The number of halogens is 1. The van der Waals surface area contributed by atoms with Crippen molar-refractivity contribution in [2.45, 2.75) is 38.6 Å². The van der Waals surface area contributed by atoms with E-state index in [1.807, 2.05) is 6.92 Å². The number of nitrogens with two attached hydrogens (primary N) is 1. The maximum atomic E-state index is 13.4. The molecule has 0 aliphatic heterocycles. The summed E-state index contributed by atoms with van der Waals surface area (Å²) in [7, 11) is 0. The summed E-state index contributed by atoms with van der Waals surface area (Å²) in [6, 6.07) is 1.66. The summed E-state index contributed by atoms with van der Waals surface area (Å²) in [6.45, 7) is 2.01. The SMILES string of the molecule is C[C@@H](N)C1CCC(C(=O)Nc2ccncc2F)CC1. The van der Waals surface area contributed by atoms with E-state index in [9.17, 15) is 9.18 Å². The van der Waals surface area contributed by atoms with Crippen LogP contribution in [0.25, 0.3) is 0 Å². The molecule has 1 heterocycles. The summed E-state index contributed by atoms with van der Waals surface area (Å²) in [5.41, 5.74) is 6.08. The van der Waals surface area contributed by atoms with Crippen molar-refractivity contribution in [1.29, 1.82) is 0 Å². The number of carbonyl (C=O) groups excluding carboxylic acids is 1. The maximum absolute atomic E-state index is 13.4. The van der Waals surface area contributed by atoms with Crippen molar-refractivity contribution in [2.24, 2.45) is 17.6 Å². The van der Waals surface area contributed by atoms with Crippen LogP contribution in [0.1, 0.15) is 32.6 Å². The Bertz CT molecular complexity index is 442. The van der Waals surface area contributed by atoms with Crippen LogP contribution in [0.2, 0.25) is 0 Å². The lowest BCUT2D eigenvalue weighted by Gasteiger charge is -2.29. The number of hydrogen-bond donors (Lipinski definition) is 2. The normalized spacial score (nSPS) is 24.8. The summed E-state index contributed by atoms with van der Waals surface area (Å²) in [5, 5.41) is 2.64. The highest BCUT2D eigenvalue weighted by molar-refractivity contribution is 5.92. The molecule has 0 bridgehead atoms. The van der Waals surface area contributed by atoms with Crippen LogP contribution in [-0.4, -0.2) is 16.9 Å². The second-order valence-electron chi connectivity index (χ2n) is 5.32. The van der Waals surface area contributed by atoms with E-state index in [-0.39, 0.29) is 23.6 Å². The van der Waals surface area contributed by atoms with Crippen molar-refractivity contribution in [3.05, 3.63) is 24.3 Å². The molecule has 1 atom stereocenters. The van der Waals surface area contributed by atoms with Gasteiger partial charge in [0.15, 0.2) is 5.82 Å². The molecule has 1 aromatic rings. The fourth-order valence-corrected chi connectivity index (χ4v) is 2.62. The summed E-state index contributed by atoms with van der Waals surface area (Å²) in [4.78, 5) is 15.7. The number of aromatic nitrogens is 1. The molecule has 0 spiro atoms. The predicted octanol–water partition coefficient (Wildman–Crippen LogP) is 2.31. The summed E-state index contributed by atoms with van der Waals surface area (Å²) in [6.07, 6.45) is 6.15. The fraction of sp³-hybridized carbons (Fsp3) is 0.571. The third-order valence-electron chi connectivity index (χ3n) is 3.92. The fourth-order valence-electron chi connectivity index (χ4n) is 2.62. The van der Waals surface area contributed by atoms with Crippen LogP contribution in [0.15, 0.2) is 18.5 Å². The first-order chi connectivity index (χ1) is 9.08. The van der Waals surface area contributed by atoms with Crippen LogP contribution in [-0.2, 0) is 4.79 Å². The summed E-state index contributed by atoms with van der Waals surface area (Å²) >= 11 is 0. The van der Waals surface area contributed by atoms with Gasteiger partial charge in [0.25, 0.3) is 0 Å². The average molecular weight is 265 g/mol. The smallest absolute Gasteiger partial charge is 0.227 e. The molecule has 2 rings (SSSR count). The van der Waals surface area contributed by atoms with E-state index in [1.54, 1.807) is 0 Å². The lowest BCUT2D eigenvalue weighted by Crippen LogP contribution is -2.33. The third kappa shape index (κ3) is 3.50. The van der Waals surface area contributed by atoms with Crippen LogP contribution in [0, 0.1) is 17.7 Å². The van der Waals surface area contributed by atoms with E-state index in [0.29, 0.717) is 5.92 Å². The minimum atomic E-state index is -0.500. The number of pyridine rings is 1. The Morgan fingerprint density at radius 1 is 1.47 bits per heavy atom. The zero-order valence-electron chi connectivity index (χ0n) is 11.1. The highest BCUT2D eigenvalue weighted by atomic mass is 19.1. The average Bonchev–Trinajstić information content (AvgIpc) is 2.41. The van der Waals surface area contributed by atoms with Crippen LogP contribution >= 0.6 is 0 Å². The van der Waals surface area contributed by atoms with Crippen molar-refractivity contribution in [2.75, 3.05) is 5.32 Å². The molecule has 0 saturated heterocycles. The third-order valence-corrected chi connectivity index (χ3v) is 3.92. The number of nitrogens with one attached hydrogen (secondary N) is 1. The Hall–Kier alpha value is -1.49. The van der Waals surface area contributed by atoms with Gasteiger partial charge in [0, 0.05) is 18.2 Å². The van der Waals surface area contributed by atoms with Gasteiger partial charge < -0.3 is 11.1 Å². The van der Waals surface area contributed by atoms with Gasteiger partial charge in [0.1, 0.15) is 0 Å². The van der Waals surface area contributed by atoms with Crippen molar-refractivity contribution in [3.63, 3.8) is 0 Å². The molecule has 0 aromatic carbocycles. The molecular formula is C14H20FN3O. The molecular weight excluding hydrogens is 245 g/mol. The summed E-state index contributed by atoms with van der Waals surface area (Å²) in [5.74, 6) is -0.141. The van der Waals surface area contributed by atoms with Gasteiger partial charge in [-0.15, -0.1) is 0 Å². The highest BCUT2D eigenvalue weighted by Gasteiger charge is 2.28. The Labute approximate surface area is 112 Å². The molecule has 1 saturated carbocycles. The molecule has 4 nitrogen and oxygen atoms in total. The molecule has 19 heavy (non-hydrogen) atoms. The van der Waals surface area contributed by atoms with Gasteiger partial charge >= 0.3 is 0 Å². The Morgan fingerprint density at radius 3 is 2.74 bits per heavy atom. The highest BCUT2D eigenvalue weighted by Crippen LogP contribution is 2.31. The van der Waals surface area contributed by atoms with Gasteiger partial charge in [-0.25, -0.2) is 4.39 Å². The van der Waals surface area contributed by atoms with Crippen molar-refractivity contribution in [1.82, 2.24) is 4.98 Å². The number of hydrogen-bond acceptors (Lipinski definition) is 3. The van der Waals surface area contributed by atoms with E-state index in [2.05, 4.69) is 10.3 Å². The van der Waals surface area contributed by atoms with Crippen molar-refractivity contribution < 1.29 is 9.18 Å². The van der Waals surface area contributed by atoms with Gasteiger partial charge in [0.2, 0.25) is 5.91 Å². The van der Waals surface area contributed by atoms with E-state index in [0.717, 1.165) is 31.9 Å². The monoisotopic (exact) mass is 265 g/mol. The Morgan fingerprint density at radius 2 is 2.16 bits per heavy atom. The van der Waals surface area contributed by atoms with Crippen LogP contribution < -0.4 is 11.1 Å². The topological polar surface area (TPSA) is 68.0 Å². The van der Waals surface area contributed by atoms with E-state index in [4.69, 9.17) is 5.73 Å². The molecule has 1 fully saturated rings. The molecule has 1 amide bonds. The number of rotatable bonds is 3. The van der Waals surface area contributed by atoms with E-state index >= 15 is 0 Å². The predicted molar refractivity (Wildman–Crippen MR) is 71.9 cm³/mol. The van der Waals surface area contributed by atoms with E-state index < -0.39 is 5.82 Å². The standard InChI is InChI=1S/C14H20FN3O/c1-9(16)10-2-4-11(5-3-10)14(19)18-13-6-7-17-8-12(13)15/h6-11H,2-5,16H2,1H3,(H,17,18,19)/t9-,10?,11?/m1/s1. The molecule has 0 unspecified atom stereocenters. The molecule has 3 N–H and O–H groups in total. The Balaban J connectivity index is 1.90. The molecule has 5 heteroatoms. The van der Waals surface area contributed by atoms with E-state index in [1.165, 1.54) is 12.3 Å². The van der Waals surface area contributed by atoms with Crippen LogP contribution in [0.4, 0.5) is 10.1 Å². The van der Waals surface area contributed by atoms with Gasteiger partial charge in [-0.05, 0) is 44.6 Å². The first kappa shape index (κ1) is 13.9. The molecule has 1 aliphatic carbocycles. The minimum absolute atomic E-state index is 0.0393. The molecule has 1 aromatic heterocycles. The largest absolute Gasteiger partial charge is 0.328 e. The van der Waals surface area contributed by atoms with Gasteiger partial charge in [-0.3, -0.25) is 9.78 Å². The van der Waals surface area contributed by atoms with Gasteiger partial charge in [-0.1, -0.05) is 0 Å². The second kappa shape index (κ2) is 6.10. The van der Waals surface area contributed by atoms with Crippen LogP contribution in [0.5, 0.6) is 0 Å². The lowest BCUT2D eigenvalue weighted by atomic mass is 9.79. The maximum Gasteiger partial charge on any atom is 0.227 e.